The molecule has 2 aromatic rings. The van der Waals surface area contributed by atoms with Gasteiger partial charge in [0.2, 0.25) is 5.89 Å². The highest BCUT2D eigenvalue weighted by Crippen LogP contribution is 2.25. The summed E-state index contributed by atoms with van der Waals surface area (Å²) in [6.45, 7) is 12.4. The van der Waals surface area contributed by atoms with Gasteiger partial charge >= 0.3 is 0 Å². The molecular weight excluding hydrogens is 467 g/mol. The van der Waals surface area contributed by atoms with Crippen LogP contribution in [0, 0.1) is 0 Å². The van der Waals surface area contributed by atoms with Crippen LogP contribution in [0.1, 0.15) is 57.8 Å². The third kappa shape index (κ3) is 7.00. The van der Waals surface area contributed by atoms with E-state index in [9.17, 15) is 0 Å². The minimum Gasteiger partial charge on any atom is -0.496 e. The zero-order valence-electron chi connectivity index (χ0n) is 17.7. The van der Waals surface area contributed by atoms with Gasteiger partial charge in [0, 0.05) is 24.4 Å². The van der Waals surface area contributed by atoms with Crippen LogP contribution in [-0.2, 0) is 12.0 Å². The number of hydrogen-bond donors (Lipinski definition) is 2. The second kappa shape index (κ2) is 11.3. The summed E-state index contributed by atoms with van der Waals surface area (Å²) in [7, 11) is 1.70. The third-order valence-electron chi connectivity index (χ3n) is 4.25. The van der Waals surface area contributed by atoms with Crippen molar-refractivity contribution in [2.75, 3.05) is 20.2 Å². The first-order valence-electron chi connectivity index (χ1n) is 9.45. The molecule has 28 heavy (non-hydrogen) atoms. The van der Waals surface area contributed by atoms with Crippen LogP contribution in [-0.4, -0.2) is 31.1 Å². The molecule has 6 nitrogen and oxygen atoms in total. The van der Waals surface area contributed by atoms with Gasteiger partial charge in [0.1, 0.15) is 18.1 Å². The molecule has 0 spiro atoms. The molecule has 2 N–H and O–H groups in total. The maximum absolute atomic E-state index is 5.81. The maximum Gasteiger partial charge on any atom is 0.216 e. The molecule has 1 atom stereocenters. The van der Waals surface area contributed by atoms with E-state index >= 15 is 0 Å². The quantitative estimate of drug-likeness (QED) is 0.334. The zero-order valence-corrected chi connectivity index (χ0v) is 20.0. The molecule has 0 aliphatic heterocycles. The van der Waals surface area contributed by atoms with Crippen molar-refractivity contribution in [1.82, 2.24) is 15.6 Å². The van der Waals surface area contributed by atoms with Crippen molar-refractivity contribution in [2.45, 2.75) is 52.5 Å². The van der Waals surface area contributed by atoms with Gasteiger partial charge in [-0.3, -0.25) is 0 Å². The number of hydrogen-bond acceptors (Lipinski definition) is 4. The second-order valence-corrected chi connectivity index (χ2v) is 7.59. The van der Waals surface area contributed by atoms with Crippen molar-refractivity contribution >= 4 is 29.9 Å². The molecule has 1 aromatic carbocycles. The summed E-state index contributed by atoms with van der Waals surface area (Å²) in [5.74, 6) is 3.42. The lowest BCUT2D eigenvalue weighted by Gasteiger charge is -2.18. The molecule has 1 aromatic heterocycles. The molecule has 0 saturated carbocycles. The lowest BCUT2D eigenvalue weighted by molar-refractivity contribution is 0.383. The number of nitrogens with one attached hydrogen (secondary N) is 2. The van der Waals surface area contributed by atoms with Crippen molar-refractivity contribution in [3.63, 3.8) is 0 Å². The topological polar surface area (TPSA) is 71.7 Å². The van der Waals surface area contributed by atoms with Crippen LogP contribution in [0.3, 0.4) is 0 Å². The SMILES string of the molecule is CCNC(=NCc1ncc(C(C)(C)C)o1)NCC(C)c1ccccc1OC.I. The summed E-state index contributed by atoms with van der Waals surface area (Å²) in [6.07, 6.45) is 1.79. The molecular formula is C21H33IN4O2. The van der Waals surface area contributed by atoms with Gasteiger partial charge in [-0.25, -0.2) is 9.98 Å². The molecule has 7 heteroatoms. The Morgan fingerprint density at radius 1 is 1.25 bits per heavy atom. The van der Waals surface area contributed by atoms with Gasteiger partial charge in [0.05, 0.1) is 13.3 Å². The number of methoxy groups -OCH3 is 1. The van der Waals surface area contributed by atoms with Crippen LogP contribution in [0.15, 0.2) is 39.9 Å². The third-order valence-corrected chi connectivity index (χ3v) is 4.25. The highest BCUT2D eigenvalue weighted by atomic mass is 127. The molecule has 0 fully saturated rings. The smallest absolute Gasteiger partial charge is 0.216 e. The minimum atomic E-state index is -0.0537. The average Bonchev–Trinajstić information content (AvgIpc) is 3.13. The predicted octanol–water partition coefficient (Wildman–Crippen LogP) is 4.46. The number of rotatable bonds is 7. The van der Waals surface area contributed by atoms with Crippen LogP contribution in [0.2, 0.25) is 0 Å². The first kappa shape index (κ1) is 24.3. The summed E-state index contributed by atoms with van der Waals surface area (Å²) in [5.41, 5.74) is 1.12. The lowest BCUT2D eigenvalue weighted by atomic mass is 9.94. The molecule has 156 valence electrons. The standard InChI is InChI=1S/C21H32N4O2.HI/c1-7-22-20(25-14-19-23-13-18(27-19)21(3,4)5)24-12-15(2)16-10-8-9-11-17(16)26-6;/h8-11,13,15H,7,12,14H2,1-6H3,(H2,22,24,25);1H. The molecule has 0 aliphatic carbocycles. The molecule has 0 bridgehead atoms. The van der Waals surface area contributed by atoms with Gasteiger partial charge in [-0.15, -0.1) is 24.0 Å². The normalized spacial score (nSPS) is 12.9. The van der Waals surface area contributed by atoms with Crippen molar-refractivity contribution in [1.29, 1.82) is 0 Å². The van der Waals surface area contributed by atoms with Crippen LogP contribution in [0.4, 0.5) is 0 Å². The Bertz CT molecular complexity index is 753. The monoisotopic (exact) mass is 500 g/mol. The Hall–Kier alpha value is -1.77. The molecule has 0 amide bonds. The van der Waals surface area contributed by atoms with Crippen LogP contribution in [0.25, 0.3) is 0 Å². The summed E-state index contributed by atoms with van der Waals surface area (Å²) < 4.78 is 11.3. The van der Waals surface area contributed by atoms with Gasteiger partial charge in [-0.05, 0) is 18.6 Å². The van der Waals surface area contributed by atoms with Gasteiger partial charge < -0.3 is 19.8 Å². The molecule has 0 saturated heterocycles. The van der Waals surface area contributed by atoms with Gasteiger partial charge in [-0.2, -0.15) is 0 Å². The molecule has 1 heterocycles. The molecule has 0 radical (unpaired) electrons. The number of halogens is 1. The van der Waals surface area contributed by atoms with Crippen molar-refractivity contribution in [3.05, 3.63) is 47.7 Å². The fraction of sp³-hybridized carbons (Fsp3) is 0.524. The number of ether oxygens (including phenoxy) is 1. The van der Waals surface area contributed by atoms with E-state index in [0.29, 0.717) is 12.4 Å². The molecule has 1 unspecified atom stereocenters. The Balaban J connectivity index is 0.00000392. The Morgan fingerprint density at radius 2 is 1.96 bits per heavy atom. The zero-order chi connectivity index (χ0) is 19.9. The van der Waals surface area contributed by atoms with E-state index in [1.807, 2.05) is 25.1 Å². The van der Waals surface area contributed by atoms with E-state index in [4.69, 9.17) is 9.15 Å². The Morgan fingerprint density at radius 3 is 2.57 bits per heavy atom. The van der Waals surface area contributed by atoms with Crippen LogP contribution >= 0.6 is 24.0 Å². The van der Waals surface area contributed by atoms with E-state index in [1.165, 1.54) is 5.56 Å². The number of aliphatic imine (C=N–C) groups is 1. The highest BCUT2D eigenvalue weighted by Gasteiger charge is 2.19. The Labute approximate surface area is 185 Å². The fourth-order valence-corrected chi connectivity index (χ4v) is 2.65. The minimum absolute atomic E-state index is 0. The Kier molecular flexibility index (Phi) is 9.78. The van der Waals surface area contributed by atoms with Crippen LogP contribution in [0.5, 0.6) is 5.75 Å². The number of benzene rings is 1. The number of para-hydroxylation sites is 1. The van der Waals surface area contributed by atoms with Crippen molar-refractivity contribution in [3.8, 4) is 5.75 Å². The fourth-order valence-electron chi connectivity index (χ4n) is 2.65. The largest absolute Gasteiger partial charge is 0.496 e. The van der Waals surface area contributed by atoms with Gasteiger partial charge in [0.15, 0.2) is 5.96 Å². The average molecular weight is 500 g/mol. The lowest BCUT2D eigenvalue weighted by Crippen LogP contribution is -2.39. The van der Waals surface area contributed by atoms with Gasteiger partial charge in [-0.1, -0.05) is 45.9 Å². The van der Waals surface area contributed by atoms with E-state index < -0.39 is 0 Å². The number of aromatic nitrogens is 1. The van der Waals surface area contributed by atoms with Gasteiger partial charge in [0.25, 0.3) is 0 Å². The summed E-state index contributed by atoms with van der Waals surface area (Å²) in [4.78, 5) is 8.93. The summed E-state index contributed by atoms with van der Waals surface area (Å²) in [5, 5.41) is 6.65. The van der Waals surface area contributed by atoms with E-state index in [-0.39, 0.29) is 35.3 Å². The number of oxazole rings is 1. The maximum atomic E-state index is 5.81. The van der Waals surface area contributed by atoms with Crippen molar-refractivity contribution in [2.24, 2.45) is 4.99 Å². The first-order valence-corrected chi connectivity index (χ1v) is 9.45. The highest BCUT2D eigenvalue weighted by molar-refractivity contribution is 14.0. The number of guanidine groups is 1. The number of nitrogens with zero attached hydrogens (tertiary/aromatic N) is 2. The van der Waals surface area contributed by atoms with E-state index in [0.717, 1.165) is 30.6 Å². The molecule has 0 aliphatic rings. The summed E-state index contributed by atoms with van der Waals surface area (Å²) in [6, 6.07) is 8.09. The summed E-state index contributed by atoms with van der Waals surface area (Å²) >= 11 is 0. The van der Waals surface area contributed by atoms with Crippen molar-refractivity contribution < 1.29 is 9.15 Å². The second-order valence-electron chi connectivity index (χ2n) is 7.59. The first-order chi connectivity index (χ1) is 12.8. The predicted molar refractivity (Wildman–Crippen MR) is 125 cm³/mol. The van der Waals surface area contributed by atoms with Crippen LogP contribution < -0.4 is 15.4 Å². The van der Waals surface area contributed by atoms with E-state index in [1.54, 1.807) is 13.3 Å². The van der Waals surface area contributed by atoms with E-state index in [2.05, 4.69) is 54.4 Å². The molecule has 2 rings (SSSR count).